The lowest BCUT2D eigenvalue weighted by molar-refractivity contribution is -0.161. The topological polar surface area (TPSA) is 119 Å². The van der Waals surface area contributed by atoms with E-state index in [0.29, 0.717) is 6.42 Å². The Morgan fingerprint density at radius 1 is 0.568 bits per heavy atom. The van der Waals surface area contributed by atoms with Gasteiger partial charge in [-0.25, -0.2) is 4.57 Å². The first-order valence-electron chi connectivity index (χ1n) is 18.2. The Bertz CT molecular complexity index is 709. The SMILES string of the molecule is CCCCCCCCCCCC(=O)O[C@H](COC(=O)CCCCCCCCCCCCCCCCC(C)C)COP(=O)(O)O. The fourth-order valence-corrected chi connectivity index (χ4v) is 5.68. The van der Waals surface area contributed by atoms with Gasteiger partial charge in [-0.15, -0.1) is 0 Å². The highest BCUT2D eigenvalue weighted by atomic mass is 31.2. The van der Waals surface area contributed by atoms with Crippen LogP contribution in [0, 0.1) is 5.92 Å². The van der Waals surface area contributed by atoms with Gasteiger partial charge < -0.3 is 19.3 Å². The second kappa shape index (κ2) is 30.7. The number of hydrogen-bond acceptors (Lipinski definition) is 6. The van der Waals surface area contributed by atoms with E-state index < -0.39 is 32.5 Å². The first-order valence-corrected chi connectivity index (χ1v) is 19.7. The summed E-state index contributed by atoms with van der Waals surface area (Å²) in [5, 5.41) is 0. The summed E-state index contributed by atoms with van der Waals surface area (Å²) in [7, 11) is -4.74. The van der Waals surface area contributed by atoms with Crippen molar-refractivity contribution in [2.45, 2.75) is 194 Å². The van der Waals surface area contributed by atoms with Crippen LogP contribution >= 0.6 is 7.82 Å². The molecular weight excluding hydrogens is 579 g/mol. The number of phosphoric ester groups is 1. The van der Waals surface area contributed by atoms with Crippen LogP contribution < -0.4 is 0 Å². The normalized spacial score (nSPS) is 12.5. The number of rotatable bonds is 33. The van der Waals surface area contributed by atoms with E-state index in [2.05, 4.69) is 25.3 Å². The van der Waals surface area contributed by atoms with E-state index in [0.717, 1.165) is 44.4 Å². The molecule has 0 aromatic carbocycles. The number of unbranched alkanes of at least 4 members (excludes halogenated alkanes) is 21. The Morgan fingerprint density at radius 2 is 0.955 bits per heavy atom. The molecule has 0 spiro atoms. The molecule has 0 amide bonds. The quantitative estimate of drug-likeness (QED) is 0.0410. The minimum absolute atomic E-state index is 0.217. The molecule has 0 aliphatic carbocycles. The van der Waals surface area contributed by atoms with Gasteiger partial charge in [-0.3, -0.25) is 14.1 Å². The zero-order chi connectivity index (χ0) is 32.7. The average molecular weight is 649 g/mol. The first kappa shape index (κ1) is 43.0. The highest BCUT2D eigenvalue weighted by Crippen LogP contribution is 2.36. The van der Waals surface area contributed by atoms with Crippen molar-refractivity contribution in [3.8, 4) is 0 Å². The van der Waals surface area contributed by atoms with Crippen LogP contribution in [-0.4, -0.2) is 41.0 Å². The van der Waals surface area contributed by atoms with Crippen LogP contribution in [0.2, 0.25) is 0 Å². The molecule has 0 fully saturated rings. The molecule has 0 aliphatic heterocycles. The largest absolute Gasteiger partial charge is 0.469 e. The number of ether oxygens (including phenoxy) is 2. The summed E-state index contributed by atoms with van der Waals surface area (Å²) in [6.07, 6.45) is 28.4. The van der Waals surface area contributed by atoms with Crippen LogP contribution in [-0.2, 0) is 28.2 Å². The zero-order valence-corrected chi connectivity index (χ0v) is 29.6. The van der Waals surface area contributed by atoms with Gasteiger partial charge in [0.15, 0.2) is 6.10 Å². The minimum Gasteiger partial charge on any atom is -0.462 e. The molecule has 0 saturated heterocycles. The lowest BCUT2D eigenvalue weighted by Gasteiger charge is -2.18. The predicted octanol–water partition coefficient (Wildman–Crippen LogP) is 10.4. The summed E-state index contributed by atoms with van der Waals surface area (Å²) in [6.45, 7) is 6.00. The van der Waals surface area contributed by atoms with Crippen LogP contribution in [0.4, 0.5) is 0 Å². The van der Waals surface area contributed by atoms with E-state index >= 15 is 0 Å². The van der Waals surface area contributed by atoms with E-state index in [-0.39, 0.29) is 19.4 Å². The van der Waals surface area contributed by atoms with Crippen molar-refractivity contribution in [3.05, 3.63) is 0 Å². The van der Waals surface area contributed by atoms with Gasteiger partial charge in [0.25, 0.3) is 0 Å². The van der Waals surface area contributed by atoms with Gasteiger partial charge in [0.1, 0.15) is 6.61 Å². The van der Waals surface area contributed by atoms with Gasteiger partial charge >= 0.3 is 19.8 Å². The Hall–Kier alpha value is -0.950. The lowest BCUT2D eigenvalue weighted by Crippen LogP contribution is -2.29. The molecule has 0 radical (unpaired) electrons. The number of carbonyl (C=O) groups is 2. The second-order valence-electron chi connectivity index (χ2n) is 13.0. The maximum Gasteiger partial charge on any atom is 0.469 e. The lowest BCUT2D eigenvalue weighted by atomic mass is 10.0. The van der Waals surface area contributed by atoms with E-state index in [1.54, 1.807) is 0 Å². The number of esters is 2. The van der Waals surface area contributed by atoms with Crippen molar-refractivity contribution in [1.29, 1.82) is 0 Å². The van der Waals surface area contributed by atoms with E-state index in [9.17, 15) is 14.2 Å². The van der Waals surface area contributed by atoms with Crippen LogP contribution in [0.5, 0.6) is 0 Å². The molecule has 44 heavy (non-hydrogen) atoms. The van der Waals surface area contributed by atoms with Gasteiger partial charge in [-0.05, 0) is 18.8 Å². The van der Waals surface area contributed by atoms with Gasteiger partial charge in [-0.2, -0.15) is 0 Å². The summed E-state index contributed by atoms with van der Waals surface area (Å²) in [5.74, 6) is -0.0441. The molecule has 0 unspecified atom stereocenters. The number of carbonyl (C=O) groups excluding carboxylic acids is 2. The van der Waals surface area contributed by atoms with Crippen molar-refractivity contribution >= 4 is 19.8 Å². The second-order valence-corrected chi connectivity index (χ2v) is 14.3. The standard InChI is InChI=1S/C35H69O8P/c1-4-5-6-7-8-15-20-23-26-29-35(37)43-33(31-42-44(38,39)40)30-41-34(36)28-25-22-19-17-14-12-10-9-11-13-16-18-21-24-27-32(2)3/h32-33H,4-31H2,1-3H3,(H2,38,39,40)/t33-/m1/s1. The Morgan fingerprint density at radius 3 is 1.36 bits per heavy atom. The third-order valence-corrected chi connectivity index (χ3v) is 8.54. The Balaban J connectivity index is 3.88. The first-order chi connectivity index (χ1) is 21.1. The molecule has 0 aromatic rings. The van der Waals surface area contributed by atoms with Gasteiger partial charge in [0.05, 0.1) is 6.61 Å². The minimum atomic E-state index is -4.74. The van der Waals surface area contributed by atoms with Gasteiger partial charge in [0, 0.05) is 12.8 Å². The molecule has 9 heteroatoms. The third kappa shape index (κ3) is 33.9. The molecule has 8 nitrogen and oxygen atoms in total. The molecule has 0 rings (SSSR count). The van der Waals surface area contributed by atoms with Gasteiger partial charge in [-0.1, -0.05) is 162 Å². The third-order valence-electron chi connectivity index (χ3n) is 8.05. The molecule has 0 aliphatic rings. The highest BCUT2D eigenvalue weighted by Gasteiger charge is 2.22. The summed E-state index contributed by atoms with van der Waals surface area (Å²) < 4.78 is 26.2. The van der Waals surface area contributed by atoms with Crippen LogP contribution in [0.3, 0.4) is 0 Å². The van der Waals surface area contributed by atoms with E-state index in [1.165, 1.54) is 109 Å². The molecular formula is C35H69O8P. The summed E-state index contributed by atoms with van der Waals surface area (Å²) in [4.78, 5) is 42.5. The van der Waals surface area contributed by atoms with Crippen LogP contribution in [0.15, 0.2) is 0 Å². The van der Waals surface area contributed by atoms with Crippen molar-refractivity contribution in [2.24, 2.45) is 5.92 Å². The molecule has 0 aromatic heterocycles. The molecule has 262 valence electrons. The molecule has 1 atom stereocenters. The maximum absolute atomic E-state index is 12.3. The summed E-state index contributed by atoms with van der Waals surface area (Å²) >= 11 is 0. The van der Waals surface area contributed by atoms with Crippen LogP contribution in [0.1, 0.15) is 188 Å². The van der Waals surface area contributed by atoms with Crippen molar-refractivity contribution in [3.63, 3.8) is 0 Å². The Kier molecular flexibility index (Phi) is 30.0. The zero-order valence-electron chi connectivity index (χ0n) is 28.7. The monoisotopic (exact) mass is 648 g/mol. The fraction of sp³-hybridized carbons (Fsp3) is 0.943. The van der Waals surface area contributed by atoms with Crippen molar-refractivity contribution in [1.82, 2.24) is 0 Å². The fourth-order valence-electron chi connectivity index (χ4n) is 5.32. The molecule has 0 bridgehead atoms. The number of phosphoric acid groups is 1. The van der Waals surface area contributed by atoms with Crippen LogP contribution in [0.25, 0.3) is 0 Å². The summed E-state index contributed by atoms with van der Waals surface area (Å²) in [6, 6.07) is 0. The van der Waals surface area contributed by atoms with Gasteiger partial charge in [0.2, 0.25) is 0 Å². The van der Waals surface area contributed by atoms with E-state index in [4.69, 9.17) is 19.3 Å². The maximum atomic E-state index is 12.3. The molecule has 2 N–H and O–H groups in total. The molecule has 0 heterocycles. The Labute approximate surface area is 270 Å². The van der Waals surface area contributed by atoms with Crippen molar-refractivity contribution in [2.75, 3.05) is 13.2 Å². The smallest absolute Gasteiger partial charge is 0.462 e. The number of hydrogen-bond donors (Lipinski definition) is 2. The highest BCUT2D eigenvalue weighted by molar-refractivity contribution is 7.46. The average Bonchev–Trinajstić information content (AvgIpc) is 2.96. The van der Waals surface area contributed by atoms with E-state index in [1.807, 2.05) is 0 Å². The van der Waals surface area contributed by atoms with Crippen molar-refractivity contribution < 1.29 is 37.9 Å². The summed E-state index contributed by atoms with van der Waals surface area (Å²) in [5.41, 5.74) is 0. The molecule has 0 saturated carbocycles. The predicted molar refractivity (Wildman–Crippen MR) is 179 cm³/mol.